The first-order chi connectivity index (χ1) is 9.00. The normalized spacial score (nSPS) is 14.3. The van der Waals surface area contributed by atoms with Gasteiger partial charge in [-0.1, -0.05) is 52.0 Å². The van der Waals surface area contributed by atoms with E-state index in [2.05, 4.69) is 27.7 Å². The molecule has 0 aromatic heterocycles. The van der Waals surface area contributed by atoms with Crippen molar-refractivity contribution in [2.45, 2.75) is 52.4 Å². The predicted octanol–water partition coefficient (Wildman–Crippen LogP) is 4.56. The van der Waals surface area contributed by atoms with E-state index in [9.17, 15) is 4.79 Å². The molecule has 0 bridgehead atoms. The second kappa shape index (κ2) is 5.60. The highest BCUT2D eigenvalue weighted by Gasteiger charge is 2.21. The van der Waals surface area contributed by atoms with Crippen LogP contribution in [-0.4, -0.2) is 5.97 Å². The van der Waals surface area contributed by atoms with Crippen LogP contribution in [0.1, 0.15) is 63.5 Å². The molecule has 102 valence electrons. The number of carbonyl (C=O) groups is 1. The van der Waals surface area contributed by atoms with Gasteiger partial charge in [-0.05, 0) is 35.8 Å². The molecule has 1 aliphatic carbocycles. The highest BCUT2D eigenvalue weighted by atomic mass is 16.5. The SMILES string of the molecule is CC(C)c1cccc(C(C)C)c1OC(=O)C1=CCC1. The Hall–Kier alpha value is -1.57. The van der Waals surface area contributed by atoms with Crippen LogP contribution in [0.4, 0.5) is 0 Å². The fourth-order valence-corrected chi connectivity index (χ4v) is 2.23. The van der Waals surface area contributed by atoms with Crippen LogP contribution in [0.2, 0.25) is 0 Å². The minimum absolute atomic E-state index is 0.179. The van der Waals surface area contributed by atoms with E-state index < -0.39 is 0 Å². The van der Waals surface area contributed by atoms with Crippen LogP contribution >= 0.6 is 0 Å². The molecule has 0 saturated heterocycles. The monoisotopic (exact) mass is 258 g/mol. The number of rotatable bonds is 4. The summed E-state index contributed by atoms with van der Waals surface area (Å²) >= 11 is 0. The molecule has 0 atom stereocenters. The van der Waals surface area contributed by atoms with Gasteiger partial charge in [0.05, 0.1) is 0 Å². The van der Waals surface area contributed by atoms with Gasteiger partial charge in [0.1, 0.15) is 5.75 Å². The maximum Gasteiger partial charge on any atom is 0.339 e. The van der Waals surface area contributed by atoms with E-state index >= 15 is 0 Å². The van der Waals surface area contributed by atoms with Crippen LogP contribution in [0.5, 0.6) is 5.75 Å². The lowest BCUT2D eigenvalue weighted by atomic mass is 9.93. The Morgan fingerprint density at radius 1 is 1.11 bits per heavy atom. The third kappa shape index (κ3) is 2.89. The van der Waals surface area contributed by atoms with Crippen LogP contribution in [0, 0.1) is 0 Å². The fraction of sp³-hybridized carbons (Fsp3) is 0.471. The molecule has 2 heteroatoms. The first-order valence-electron chi connectivity index (χ1n) is 7.04. The maximum atomic E-state index is 12.1. The molecule has 2 nitrogen and oxygen atoms in total. The highest BCUT2D eigenvalue weighted by Crippen LogP contribution is 2.35. The molecule has 0 amide bonds. The second-order valence-corrected chi connectivity index (χ2v) is 5.73. The number of ether oxygens (including phenoxy) is 1. The van der Waals surface area contributed by atoms with E-state index in [0.29, 0.717) is 11.8 Å². The third-order valence-corrected chi connectivity index (χ3v) is 3.58. The van der Waals surface area contributed by atoms with E-state index in [1.54, 1.807) is 0 Å². The zero-order valence-corrected chi connectivity index (χ0v) is 12.2. The zero-order chi connectivity index (χ0) is 14.0. The summed E-state index contributed by atoms with van der Waals surface area (Å²) in [5, 5.41) is 0. The molecular weight excluding hydrogens is 236 g/mol. The van der Waals surface area contributed by atoms with E-state index in [4.69, 9.17) is 4.74 Å². The third-order valence-electron chi connectivity index (χ3n) is 3.58. The molecule has 0 aliphatic heterocycles. The first kappa shape index (κ1) is 13.9. The summed E-state index contributed by atoms with van der Waals surface area (Å²) in [6.07, 6.45) is 3.79. The average molecular weight is 258 g/mol. The molecule has 1 aromatic carbocycles. The van der Waals surface area contributed by atoms with Crippen LogP contribution in [0.25, 0.3) is 0 Å². The number of allylic oxidation sites excluding steroid dienone is 1. The average Bonchev–Trinajstić information content (AvgIpc) is 2.25. The number of carbonyl (C=O) groups excluding carboxylic acids is 1. The van der Waals surface area contributed by atoms with Gasteiger partial charge in [0.2, 0.25) is 0 Å². The summed E-state index contributed by atoms with van der Waals surface area (Å²) in [5.74, 6) is 1.28. The highest BCUT2D eigenvalue weighted by molar-refractivity contribution is 5.91. The molecule has 0 unspecified atom stereocenters. The van der Waals surface area contributed by atoms with Crippen molar-refractivity contribution >= 4 is 5.97 Å². The molecular formula is C17H22O2. The van der Waals surface area contributed by atoms with Gasteiger partial charge in [-0.3, -0.25) is 0 Å². The largest absolute Gasteiger partial charge is 0.423 e. The number of hydrogen-bond acceptors (Lipinski definition) is 2. The Morgan fingerprint density at radius 2 is 1.63 bits per heavy atom. The van der Waals surface area contributed by atoms with Crippen molar-refractivity contribution in [2.24, 2.45) is 0 Å². The summed E-state index contributed by atoms with van der Waals surface area (Å²) in [6.45, 7) is 8.50. The van der Waals surface area contributed by atoms with Crippen LogP contribution in [-0.2, 0) is 4.79 Å². The molecule has 0 spiro atoms. The fourth-order valence-electron chi connectivity index (χ4n) is 2.23. The van der Waals surface area contributed by atoms with E-state index in [-0.39, 0.29) is 5.97 Å². The van der Waals surface area contributed by atoms with Crippen molar-refractivity contribution in [3.8, 4) is 5.75 Å². The smallest absolute Gasteiger partial charge is 0.339 e. The standard InChI is InChI=1S/C17H22O2/c1-11(2)14-9-6-10-15(12(3)4)16(14)19-17(18)13-7-5-8-13/h6-7,9-12H,5,8H2,1-4H3. The quantitative estimate of drug-likeness (QED) is 0.584. The number of para-hydroxylation sites is 1. The second-order valence-electron chi connectivity index (χ2n) is 5.73. The molecule has 0 fully saturated rings. The Labute approximate surface area is 115 Å². The Bertz CT molecular complexity index is 484. The lowest BCUT2D eigenvalue weighted by molar-refractivity contribution is -0.130. The molecule has 1 aromatic rings. The Kier molecular flexibility index (Phi) is 4.08. The topological polar surface area (TPSA) is 26.3 Å². The first-order valence-corrected chi connectivity index (χ1v) is 7.04. The van der Waals surface area contributed by atoms with Crippen LogP contribution < -0.4 is 4.74 Å². The van der Waals surface area contributed by atoms with Crippen molar-refractivity contribution in [3.05, 3.63) is 41.0 Å². The Morgan fingerprint density at radius 3 is 2.00 bits per heavy atom. The zero-order valence-electron chi connectivity index (χ0n) is 12.2. The van der Waals surface area contributed by atoms with E-state index in [0.717, 1.165) is 35.3 Å². The molecule has 2 rings (SSSR count). The van der Waals surface area contributed by atoms with E-state index in [1.807, 2.05) is 24.3 Å². The van der Waals surface area contributed by atoms with Crippen LogP contribution in [0.3, 0.4) is 0 Å². The predicted molar refractivity (Wildman–Crippen MR) is 77.6 cm³/mol. The minimum Gasteiger partial charge on any atom is -0.423 e. The van der Waals surface area contributed by atoms with Gasteiger partial charge in [-0.25, -0.2) is 4.79 Å². The lowest BCUT2D eigenvalue weighted by Crippen LogP contribution is -2.17. The van der Waals surface area contributed by atoms with Crippen LogP contribution in [0.15, 0.2) is 29.8 Å². The van der Waals surface area contributed by atoms with Gasteiger partial charge in [0, 0.05) is 5.57 Å². The van der Waals surface area contributed by atoms with Gasteiger partial charge in [-0.15, -0.1) is 0 Å². The van der Waals surface area contributed by atoms with Crippen molar-refractivity contribution in [1.29, 1.82) is 0 Å². The maximum absolute atomic E-state index is 12.1. The molecule has 1 aliphatic rings. The molecule has 19 heavy (non-hydrogen) atoms. The number of hydrogen-bond donors (Lipinski definition) is 0. The summed E-state index contributed by atoms with van der Waals surface area (Å²) < 4.78 is 5.70. The van der Waals surface area contributed by atoms with Gasteiger partial charge in [0.15, 0.2) is 0 Å². The van der Waals surface area contributed by atoms with Gasteiger partial charge in [-0.2, -0.15) is 0 Å². The molecule has 0 radical (unpaired) electrons. The molecule has 0 saturated carbocycles. The summed E-state index contributed by atoms with van der Waals surface area (Å²) in [4.78, 5) is 12.1. The van der Waals surface area contributed by atoms with Gasteiger partial charge in [0.25, 0.3) is 0 Å². The Balaban J connectivity index is 2.37. The summed E-state index contributed by atoms with van der Waals surface area (Å²) in [6, 6.07) is 6.15. The molecule has 0 N–H and O–H groups in total. The van der Waals surface area contributed by atoms with Crippen molar-refractivity contribution < 1.29 is 9.53 Å². The summed E-state index contributed by atoms with van der Waals surface area (Å²) in [5.41, 5.74) is 3.03. The number of benzene rings is 1. The van der Waals surface area contributed by atoms with Crippen molar-refractivity contribution in [1.82, 2.24) is 0 Å². The van der Waals surface area contributed by atoms with Crippen molar-refractivity contribution in [3.63, 3.8) is 0 Å². The van der Waals surface area contributed by atoms with Crippen molar-refractivity contribution in [2.75, 3.05) is 0 Å². The van der Waals surface area contributed by atoms with E-state index in [1.165, 1.54) is 0 Å². The van der Waals surface area contributed by atoms with Gasteiger partial charge >= 0.3 is 5.97 Å². The molecule has 0 heterocycles. The summed E-state index contributed by atoms with van der Waals surface area (Å²) in [7, 11) is 0. The van der Waals surface area contributed by atoms with Gasteiger partial charge < -0.3 is 4.74 Å². The number of esters is 1. The lowest BCUT2D eigenvalue weighted by Gasteiger charge is -2.20. The minimum atomic E-state index is -0.179.